The Morgan fingerprint density at radius 3 is 2.50 bits per heavy atom. The van der Waals surface area contributed by atoms with Crippen molar-refractivity contribution in [2.45, 2.75) is 26.9 Å². The molecule has 1 aromatic carbocycles. The summed E-state index contributed by atoms with van der Waals surface area (Å²) in [6.45, 7) is 5.18. The molecular formula is C14H18N4. The van der Waals surface area contributed by atoms with E-state index in [9.17, 15) is 0 Å². The minimum Gasteiger partial charge on any atom is -0.365 e. The van der Waals surface area contributed by atoms with Crippen LogP contribution in [0.4, 0.5) is 5.82 Å². The number of hydrogen-bond acceptors (Lipinski definition) is 4. The van der Waals surface area contributed by atoms with Crippen molar-refractivity contribution in [3.05, 3.63) is 53.0 Å². The minimum atomic E-state index is 0.552. The van der Waals surface area contributed by atoms with Gasteiger partial charge in [0.25, 0.3) is 0 Å². The van der Waals surface area contributed by atoms with Crippen LogP contribution in [0.5, 0.6) is 0 Å². The van der Waals surface area contributed by atoms with Gasteiger partial charge in [0, 0.05) is 13.1 Å². The van der Waals surface area contributed by atoms with Gasteiger partial charge in [-0.15, -0.1) is 0 Å². The van der Waals surface area contributed by atoms with Gasteiger partial charge in [0.05, 0.1) is 17.6 Å². The second kappa shape index (κ2) is 5.60. The van der Waals surface area contributed by atoms with Crippen LogP contribution in [-0.2, 0) is 13.1 Å². The van der Waals surface area contributed by atoms with E-state index in [-0.39, 0.29) is 0 Å². The summed E-state index contributed by atoms with van der Waals surface area (Å²) in [5.74, 6) is 0.796. The first-order valence-corrected chi connectivity index (χ1v) is 6.01. The Balaban J connectivity index is 2.09. The summed E-state index contributed by atoms with van der Waals surface area (Å²) in [5, 5.41) is 3.27. The molecule has 1 heterocycles. The first kappa shape index (κ1) is 12.5. The second-order valence-corrected chi connectivity index (χ2v) is 4.25. The number of rotatable bonds is 4. The Bertz CT molecular complexity index is 537. The highest BCUT2D eigenvalue weighted by Crippen LogP contribution is 2.11. The third kappa shape index (κ3) is 2.84. The molecule has 0 aliphatic carbocycles. The number of benzene rings is 1. The van der Waals surface area contributed by atoms with Crippen LogP contribution in [0.1, 0.15) is 22.5 Å². The maximum absolute atomic E-state index is 5.71. The largest absolute Gasteiger partial charge is 0.365 e. The minimum absolute atomic E-state index is 0.552. The Morgan fingerprint density at radius 1 is 1.11 bits per heavy atom. The highest BCUT2D eigenvalue weighted by atomic mass is 15.0. The lowest BCUT2D eigenvalue weighted by molar-refractivity contribution is 0.983. The number of nitrogens with two attached hydrogens (primary N) is 1. The molecule has 0 spiro atoms. The standard InChI is InChI=1S/C14H18N4/c1-10-11(2)18-14(9-16-10)17-8-13-6-4-3-5-12(13)7-15/h3-6,9H,7-8,15H2,1-2H3,(H,17,18). The zero-order valence-corrected chi connectivity index (χ0v) is 10.8. The SMILES string of the molecule is Cc1ncc(NCc2ccccc2CN)nc1C. The van der Waals surface area contributed by atoms with Crippen LogP contribution in [0.2, 0.25) is 0 Å². The molecule has 0 saturated carbocycles. The average molecular weight is 242 g/mol. The van der Waals surface area contributed by atoms with Crippen molar-refractivity contribution < 1.29 is 0 Å². The predicted molar refractivity (Wildman–Crippen MR) is 73.2 cm³/mol. The monoisotopic (exact) mass is 242 g/mol. The molecule has 0 fully saturated rings. The Labute approximate surface area is 107 Å². The molecule has 1 aromatic heterocycles. The van der Waals surface area contributed by atoms with E-state index in [0.717, 1.165) is 22.8 Å². The fourth-order valence-corrected chi connectivity index (χ4v) is 1.74. The maximum atomic E-state index is 5.71. The van der Waals surface area contributed by atoms with Crippen molar-refractivity contribution in [3.8, 4) is 0 Å². The summed E-state index contributed by atoms with van der Waals surface area (Å²) in [7, 11) is 0. The molecule has 0 atom stereocenters. The van der Waals surface area contributed by atoms with Gasteiger partial charge in [0.1, 0.15) is 5.82 Å². The zero-order chi connectivity index (χ0) is 13.0. The van der Waals surface area contributed by atoms with Crippen molar-refractivity contribution in [2.24, 2.45) is 5.73 Å². The lowest BCUT2D eigenvalue weighted by Crippen LogP contribution is -2.08. The number of nitrogens with zero attached hydrogens (tertiary/aromatic N) is 2. The van der Waals surface area contributed by atoms with Crippen molar-refractivity contribution >= 4 is 5.82 Å². The first-order valence-electron chi connectivity index (χ1n) is 6.01. The fourth-order valence-electron chi connectivity index (χ4n) is 1.74. The molecule has 4 heteroatoms. The molecule has 0 radical (unpaired) electrons. The molecule has 0 saturated heterocycles. The number of anilines is 1. The first-order chi connectivity index (χ1) is 8.70. The average Bonchev–Trinajstić information content (AvgIpc) is 2.40. The number of aryl methyl sites for hydroxylation is 2. The smallest absolute Gasteiger partial charge is 0.145 e. The molecule has 0 amide bonds. The lowest BCUT2D eigenvalue weighted by atomic mass is 10.1. The topological polar surface area (TPSA) is 63.8 Å². The molecule has 94 valence electrons. The van der Waals surface area contributed by atoms with Crippen LogP contribution >= 0.6 is 0 Å². The molecule has 0 aliphatic rings. The van der Waals surface area contributed by atoms with Gasteiger partial charge in [-0.1, -0.05) is 24.3 Å². The van der Waals surface area contributed by atoms with E-state index in [1.165, 1.54) is 5.56 Å². The highest BCUT2D eigenvalue weighted by molar-refractivity contribution is 5.36. The molecular weight excluding hydrogens is 224 g/mol. The summed E-state index contributed by atoms with van der Waals surface area (Å²) in [5.41, 5.74) is 9.97. The fraction of sp³-hybridized carbons (Fsp3) is 0.286. The van der Waals surface area contributed by atoms with Gasteiger partial charge in [0.2, 0.25) is 0 Å². The molecule has 0 unspecified atom stereocenters. The van der Waals surface area contributed by atoms with Crippen molar-refractivity contribution in [3.63, 3.8) is 0 Å². The summed E-state index contributed by atoms with van der Waals surface area (Å²) in [6.07, 6.45) is 1.76. The van der Waals surface area contributed by atoms with Crippen LogP contribution in [0, 0.1) is 13.8 Å². The molecule has 2 rings (SSSR count). The van der Waals surface area contributed by atoms with Gasteiger partial charge >= 0.3 is 0 Å². The maximum Gasteiger partial charge on any atom is 0.145 e. The van der Waals surface area contributed by atoms with E-state index in [1.54, 1.807) is 6.20 Å². The molecule has 4 nitrogen and oxygen atoms in total. The summed E-state index contributed by atoms with van der Waals surface area (Å²) >= 11 is 0. The predicted octanol–water partition coefficient (Wildman–Crippen LogP) is 2.16. The third-order valence-electron chi connectivity index (χ3n) is 2.99. The van der Waals surface area contributed by atoms with Crippen molar-refractivity contribution in [1.82, 2.24) is 9.97 Å². The van der Waals surface area contributed by atoms with E-state index >= 15 is 0 Å². The normalized spacial score (nSPS) is 10.4. The van der Waals surface area contributed by atoms with Gasteiger partial charge in [-0.3, -0.25) is 4.98 Å². The van der Waals surface area contributed by atoms with Gasteiger partial charge in [-0.2, -0.15) is 0 Å². The van der Waals surface area contributed by atoms with Gasteiger partial charge < -0.3 is 11.1 Å². The molecule has 0 aliphatic heterocycles. The summed E-state index contributed by atoms with van der Waals surface area (Å²) in [6, 6.07) is 8.14. The Hall–Kier alpha value is -1.94. The van der Waals surface area contributed by atoms with Crippen molar-refractivity contribution in [2.75, 3.05) is 5.32 Å². The van der Waals surface area contributed by atoms with E-state index in [2.05, 4.69) is 21.4 Å². The van der Waals surface area contributed by atoms with Crippen LogP contribution in [0.25, 0.3) is 0 Å². The van der Waals surface area contributed by atoms with E-state index in [4.69, 9.17) is 5.73 Å². The van der Waals surface area contributed by atoms with Crippen LogP contribution in [0.3, 0.4) is 0 Å². The van der Waals surface area contributed by atoms with E-state index in [1.807, 2.05) is 32.0 Å². The Morgan fingerprint density at radius 2 is 1.83 bits per heavy atom. The Kier molecular flexibility index (Phi) is 3.89. The quantitative estimate of drug-likeness (QED) is 0.862. The van der Waals surface area contributed by atoms with Crippen LogP contribution in [0.15, 0.2) is 30.5 Å². The molecule has 2 aromatic rings. The van der Waals surface area contributed by atoms with Crippen molar-refractivity contribution in [1.29, 1.82) is 0 Å². The lowest BCUT2D eigenvalue weighted by Gasteiger charge is -2.10. The summed E-state index contributed by atoms with van der Waals surface area (Å²) < 4.78 is 0. The number of aromatic nitrogens is 2. The van der Waals surface area contributed by atoms with Gasteiger partial charge in [-0.25, -0.2) is 4.98 Å². The van der Waals surface area contributed by atoms with Crippen LogP contribution in [-0.4, -0.2) is 9.97 Å². The zero-order valence-electron chi connectivity index (χ0n) is 10.8. The van der Waals surface area contributed by atoms with Crippen LogP contribution < -0.4 is 11.1 Å². The molecule has 0 bridgehead atoms. The summed E-state index contributed by atoms with van der Waals surface area (Å²) in [4.78, 5) is 8.72. The second-order valence-electron chi connectivity index (χ2n) is 4.25. The molecule has 3 N–H and O–H groups in total. The highest BCUT2D eigenvalue weighted by Gasteiger charge is 2.02. The van der Waals surface area contributed by atoms with Gasteiger partial charge in [-0.05, 0) is 25.0 Å². The van der Waals surface area contributed by atoms with Gasteiger partial charge in [0.15, 0.2) is 0 Å². The third-order valence-corrected chi connectivity index (χ3v) is 2.99. The number of nitrogens with one attached hydrogen (secondary N) is 1. The number of hydrogen-bond donors (Lipinski definition) is 2. The van der Waals surface area contributed by atoms with E-state index in [0.29, 0.717) is 13.1 Å². The molecule has 18 heavy (non-hydrogen) atoms. The van der Waals surface area contributed by atoms with E-state index < -0.39 is 0 Å².